The third-order valence-corrected chi connectivity index (χ3v) is 4.36. The Bertz CT molecular complexity index is 792. The summed E-state index contributed by atoms with van der Waals surface area (Å²) in [5.41, 5.74) is 3.47. The monoisotopic (exact) mass is 315 g/mol. The first kappa shape index (κ1) is 15.6. The molecule has 1 aromatic heterocycles. The zero-order chi connectivity index (χ0) is 16.4. The van der Waals surface area contributed by atoms with Gasteiger partial charge in [0.2, 0.25) is 0 Å². The van der Waals surface area contributed by atoms with Crippen LogP contribution in [0.2, 0.25) is 0 Å². The Balaban J connectivity index is 1.78. The fourth-order valence-corrected chi connectivity index (χ4v) is 2.75. The number of benzene rings is 1. The van der Waals surface area contributed by atoms with E-state index in [9.17, 15) is 9.59 Å². The van der Waals surface area contributed by atoms with Crippen molar-refractivity contribution in [3.05, 3.63) is 45.2 Å². The lowest BCUT2D eigenvalue weighted by Gasteiger charge is -2.26. The maximum atomic E-state index is 12.2. The van der Waals surface area contributed by atoms with Crippen LogP contribution in [0.4, 0.5) is 4.79 Å². The molecule has 23 heavy (non-hydrogen) atoms. The van der Waals surface area contributed by atoms with E-state index < -0.39 is 0 Å². The van der Waals surface area contributed by atoms with Crippen molar-refractivity contribution in [3.63, 3.8) is 0 Å². The predicted octanol–water partition coefficient (Wildman–Crippen LogP) is 1.69. The lowest BCUT2D eigenvalue weighted by molar-refractivity contribution is 0.0531. The first-order valence-electron chi connectivity index (χ1n) is 7.79. The van der Waals surface area contributed by atoms with Gasteiger partial charge in [0.05, 0.1) is 18.7 Å². The van der Waals surface area contributed by atoms with Gasteiger partial charge in [-0.05, 0) is 36.4 Å². The highest BCUT2D eigenvalue weighted by molar-refractivity contribution is 5.83. The zero-order valence-electron chi connectivity index (χ0n) is 13.4. The minimum Gasteiger partial charge on any atom is -0.378 e. The number of pyridine rings is 1. The van der Waals surface area contributed by atoms with Crippen molar-refractivity contribution in [3.8, 4) is 0 Å². The molecule has 0 spiro atoms. The normalized spacial score (nSPS) is 15.0. The van der Waals surface area contributed by atoms with Crippen molar-refractivity contribution in [1.82, 2.24) is 15.2 Å². The van der Waals surface area contributed by atoms with Crippen LogP contribution in [0.15, 0.2) is 23.0 Å². The maximum Gasteiger partial charge on any atom is 0.317 e. The molecule has 2 amide bonds. The zero-order valence-corrected chi connectivity index (χ0v) is 13.4. The van der Waals surface area contributed by atoms with Crippen LogP contribution < -0.4 is 10.9 Å². The number of urea groups is 1. The van der Waals surface area contributed by atoms with Gasteiger partial charge < -0.3 is 19.9 Å². The van der Waals surface area contributed by atoms with Crippen LogP contribution in [-0.2, 0) is 11.3 Å². The number of amides is 2. The summed E-state index contributed by atoms with van der Waals surface area (Å²) in [6.07, 6.45) is 0. The second-order valence-corrected chi connectivity index (χ2v) is 5.85. The lowest BCUT2D eigenvalue weighted by Crippen LogP contribution is -2.46. The van der Waals surface area contributed by atoms with Gasteiger partial charge >= 0.3 is 6.03 Å². The predicted molar refractivity (Wildman–Crippen MR) is 88.7 cm³/mol. The molecule has 0 bridgehead atoms. The molecular formula is C17H21N3O3. The van der Waals surface area contributed by atoms with Gasteiger partial charge in [-0.1, -0.05) is 12.1 Å². The Labute approximate surface area is 134 Å². The molecule has 2 heterocycles. The quantitative estimate of drug-likeness (QED) is 0.885. The van der Waals surface area contributed by atoms with Crippen LogP contribution in [0.3, 0.4) is 0 Å². The topological polar surface area (TPSA) is 74.4 Å². The van der Waals surface area contributed by atoms with Gasteiger partial charge in [0.1, 0.15) is 0 Å². The standard InChI is InChI=1S/C17H21N3O3/c1-11-3-4-13-9-14(16(21)19-15(13)12(11)2)10-18-17(22)20-5-7-23-8-6-20/h3-4,9H,5-8,10H2,1-2H3,(H,18,22)(H,19,21). The van der Waals surface area contributed by atoms with Crippen molar-refractivity contribution in [2.75, 3.05) is 26.3 Å². The van der Waals surface area contributed by atoms with Crippen molar-refractivity contribution >= 4 is 16.9 Å². The molecule has 6 heteroatoms. The molecule has 122 valence electrons. The number of fused-ring (bicyclic) bond motifs is 1. The molecule has 1 saturated heterocycles. The van der Waals surface area contributed by atoms with E-state index in [2.05, 4.69) is 10.3 Å². The second kappa shape index (κ2) is 6.42. The Morgan fingerprint density at radius 3 is 2.78 bits per heavy atom. The minimum absolute atomic E-state index is 0.159. The fraction of sp³-hybridized carbons (Fsp3) is 0.412. The van der Waals surface area contributed by atoms with Crippen molar-refractivity contribution in [2.24, 2.45) is 0 Å². The number of H-pyrrole nitrogens is 1. The van der Waals surface area contributed by atoms with Gasteiger partial charge in [-0.25, -0.2) is 4.79 Å². The summed E-state index contributed by atoms with van der Waals surface area (Å²) in [5.74, 6) is 0. The molecule has 2 N–H and O–H groups in total. The molecule has 6 nitrogen and oxygen atoms in total. The lowest BCUT2D eigenvalue weighted by atomic mass is 10.0. The SMILES string of the molecule is Cc1ccc2cc(CNC(=O)N3CCOCC3)c(=O)[nH]c2c1C. The van der Waals surface area contributed by atoms with E-state index in [0.29, 0.717) is 31.9 Å². The number of morpholine rings is 1. The average Bonchev–Trinajstić information content (AvgIpc) is 2.57. The summed E-state index contributed by atoms with van der Waals surface area (Å²) < 4.78 is 5.22. The van der Waals surface area contributed by atoms with Crippen molar-refractivity contribution < 1.29 is 9.53 Å². The molecule has 2 aromatic rings. The highest BCUT2D eigenvalue weighted by Crippen LogP contribution is 2.18. The molecular weight excluding hydrogens is 294 g/mol. The van der Waals surface area contributed by atoms with E-state index in [1.807, 2.05) is 32.0 Å². The number of rotatable bonds is 2. The molecule has 1 aromatic carbocycles. The van der Waals surface area contributed by atoms with Gasteiger partial charge in [0, 0.05) is 25.2 Å². The Morgan fingerprint density at radius 2 is 2.04 bits per heavy atom. The van der Waals surface area contributed by atoms with Crippen LogP contribution in [0, 0.1) is 13.8 Å². The number of hydrogen-bond acceptors (Lipinski definition) is 3. The smallest absolute Gasteiger partial charge is 0.317 e. The average molecular weight is 315 g/mol. The van der Waals surface area contributed by atoms with Crippen molar-refractivity contribution in [2.45, 2.75) is 20.4 Å². The van der Waals surface area contributed by atoms with Crippen LogP contribution in [0.25, 0.3) is 10.9 Å². The number of aryl methyl sites for hydroxylation is 2. The number of nitrogens with one attached hydrogen (secondary N) is 2. The Morgan fingerprint density at radius 1 is 1.30 bits per heavy atom. The molecule has 0 atom stereocenters. The second-order valence-electron chi connectivity index (χ2n) is 5.85. The molecule has 1 aliphatic heterocycles. The molecule has 0 radical (unpaired) electrons. The minimum atomic E-state index is -0.159. The number of ether oxygens (including phenoxy) is 1. The number of aromatic nitrogens is 1. The first-order chi connectivity index (χ1) is 11.1. The number of carbonyl (C=O) groups is 1. The molecule has 0 saturated carbocycles. The number of hydrogen-bond donors (Lipinski definition) is 2. The van der Waals surface area contributed by atoms with Gasteiger partial charge in [0.15, 0.2) is 0 Å². The van der Waals surface area contributed by atoms with Gasteiger partial charge in [-0.3, -0.25) is 4.79 Å². The largest absolute Gasteiger partial charge is 0.378 e. The summed E-state index contributed by atoms with van der Waals surface area (Å²) >= 11 is 0. The Kier molecular flexibility index (Phi) is 4.34. The summed E-state index contributed by atoms with van der Waals surface area (Å²) in [5, 5.41) is 3.79. The van der Waals surface area contributed by atoms with E-state index in [-0.39, 0.29) is 18.1 Å². The van der Waals surface area contributed by atoms with Gasteiger partial charge in [0.25, 0.3) is 5.56 Å². The molecule has 0 aliphatic carbocycles. The highest BCUT2D eigenvalue weighted by atomic mass is 16.5. The first-order valence-corrected chi connectivity index (χ1v) is 7.79. The molecule has 3 rings (SSSR count). The molecule has 1 aliphatic rings. The number of nitrogens with zero attached hydrogens (tertiary/aromatic N) is 1. The third-order valence-electron chi connectivity index (χ3n) is 4.36. The molecule has 0 unspecified atom stereocenters. The fourth-order valence-electron chi connectivity index (χ4n) is 2.75. The van der Waals surface area contributed by atoms with E-state index in [1.165, 1.54) is 0 Å². The number of aromatic amines is 1. The van der Waals surface area contributed by atoms with E-state index in [1.54, 1.807) is 4.90 Å². The third kappa shape index (κ3) is 3.22. The van der Waals surface area contributed by atoms with E-state index in [4.69, 9.17) is 4.74 Å². The summed E-state index contributed by atoms with van der Waals surface area (Å²) in [4.78, 5) is 29.0. The summed E-state index contributed by atoms with van der Waals surface area (Å²) in [7, 11) is 0. The summed E-state index contributed by atoms with van der Waals surface area (Å²) in [6, 6.07) is 5.71. The summed E-state index contributed by atoms with van der Waals surface area (Å²) in [6.45, 7) is 6.51. The van der Waals surface area contributed by atoms with Crippen LogP contribution in [0.1, 0.15) is 16.7 Å². The van der Waals surface area contributed by atoms with E-state index >= 15 is 0 Å². The molecule has 1 fully saturated rings. The highest BCUT2D eigenvalue weighted by Gasteiger charge is 2.16. The van der Waals surface area contributed by atoms with Crippen LogP contribution in [-0.4, -0.2) is 42.2 Å². The Hall–Kier alpha value is -2.34. The van der Waals surface area contributed by atoms with Crippen LogP contribution >= 0.6 is 0 Å². The van der Waals surface area contributed by atoms with Crippen molar-refractivity contribution in [1.29, 1.82) is 0 Å². The van der Waals surface area contributed by atoms with Crippen LogP contribution in [0.5, 0.6) is 0 Å². The maximum absolute atomic E-state index is 12.2. The van der Waals surface area contributed by atoms with Gasteiger partial charge in [-0.2, -0.15) is 0 Å². The van der Waals surface area contributed by atoms with Gasteiger partial charge in [-0.15, -0.1) is 0 Å². The van der Waals surface area contributed by atoms with E-state index in [0.717, 1.165) is 22.0 Å². The number of carbonyl (C=O) groups excluding carboxylic acids is 1.